The number of anilines is 1. The number of ether oxygens (including phenoxy) is 1. The molecule has 4 fully saturated rings. The Labute approximate surface area is 190 Å². The molecular weight excluding hydrogens is 402 g/mol. The van der Waals surface area contributed by atoms with Crippen LogP contribution in [0.1, 0.15) is 61.7 Å². The number of aryl methyl sites for hydroxylation is 1. The van der Waals surface area contributed by atoms with E-state index in [1.165, 1.54) is 43.5 Å². The van der Waals surface area contributed by atoms with E-state index in [4.69, 9.17) is 9.84 Å². The highest BCUT2D eigenvalue weighted by Gasteiger charge is 2.42. The lowest BCUT2D eigenvalue weighted by Gasteiger charge is -2.49. The zero-order valence-electron chi connectivity index (χ0n) is 19.2. The van der Waals surface area contributed by atoms with E-state index in [0.29, 0.717) is 30.3 Å². The first-order valence-electron chi connectivity index (χ1n) is 12.1. The Bertz CT molecular complexity index is 934. The number of nitrogens with zero attached hydrogens (tertiary/aromatic N) is 3. The molecule has 1 aromatic carbocycles. The fourth-order valence-corrected chi connectivity index (χ4v) is 6.02. The largest absolute Gasteiger partial charge is 0.497 e. The molecule has 3 aliphatic heterocycles. The zero-order valence-corrected chi connectivity index (χ0v) is 19.2. The minimum atomic E-state index is -0.151. The third-order valence-corrected chi connectivity index (χ3v) is 7.81. The molecule has 6 rings (SSSR count). The Kier molecular flexibility index (Phi) is 6.09. The Balaban J connectivity index is 1.16. The molecule has 32 heavy (non-hydrogen) atoms. The first-order valence-corrected chi connectivity index (χ1v) is 12.1. The molecule has 7 nitrogen and oxygen atoms in total. The van der Waals surface area contributed by atoms with Gasteiger partial charge in [0.2, 0.25) is 0 Å². The van der Waals surface area contributed by atoms with Crippen LogP contribution in [0, 0.1) is 5.92 Å². The van der Waals surface area contributed by atoms with E-state index in [9.17, 15) is 4.79 Å². The average Bonchev–Trinajstić information content (AvgIpc) is 3.48. The van der Waals surface area contributed by atoms with Crippen LogP contribution in [0.25, 0.3) is 0 Å². The van der Waals surface area contributed by atoms with Gasteiger partial charge in [-0.1, -0.05) is 12.8 Å². The summed E-state index contributed by atoms with van der Waals surface area (Å²) >= 11 is 0. The summed E-state index contributed by atoms with van der Waals surface area (Å²) in [6, 6.07) is 10.1. The predicted molar refractivity (Wildman–Crippen MR) is 125 cm³/mol. The number of piperidine rings is 3. The monoisotopic (exact) mass is 437 g/mol. The lowest BCUT2D eigenvalue weighted by molar-refractivity contribution is 0.0296. The van der Waals surface area contributed by atoms with Gasteiger partial charge >= 0.3 is 6.03 Å². The summed E-state index contributed by atoms with van der Waals surface area (Å²) in [5, 5.41) is 10.9. The van der Waals surface area contributed by atoms with Gasteiger partial charge in [0.15, 0.2) is 0 Å². The smallest absolute Gasteiger partial charge is 0.319 e. The fourth-order valence-electron chi connectivity index (χ4n) is 6.02. The van der Waals surface area contributed by atoms with Gasteiger partial charge in [0, 0.05) is 49.4 Å². The zero-order chi connectivity index (χ0) is 22.1. The van der Waals surface area contributed by atoms with Crippen molar-refractivity contribution >= 4 is 11.7 Å². The molecule has 2 amide bonds. The topological polar surface area (TPSA) is 71.4 Å². The van der Waals surface area contributed by atoms with Gasteiger partial charge in [0.1, 0.15) is 5.75 Å². The van der Waals surface area contributed by atoms with Gasteiger partial charge in [0.05, 0.1) is 12.8 Å². The Morgan fingerprint density at radius 1 is 1.19 bits per heavy atom. The van der Waals surface area contributed by atoms with Gasteiger partial charge in [-0.25, -0.2) is 4.79 Å². The average molecular weight is 438 g/mol. The summed E-state index contributed by atoms with van der Waals surface area (Å²) in [5.41, 5.74) is 3.48. The second kappa shape index (κ2) is 9.14. The normalized spacial score (nSPS) is 27.4. The van der Waals surface area contributed by atoms with Crippen LogP contribution in [0.5, 0.6) is 5.75 Å². The number of aromatic nitrogens is 2. The quantitative estimate of drug-likeness (QED) is 0.714. The molecule has 2 aromatic rings. The molecule has 1 unspecified atom stereocenters. The van der Waals surface area contributed by atoms with E-state index in [2.05, 4.69) is 33.3 Å². The molecule has 172 valence electrons. The second-order valence-electron chi connectivity index (χ2n) is 9.70. The summed E-state index contributed by atoms with van der Waals surface area (Å²) in [5.74, 6) is 2.67. The SMILES string of the molecule is COc1ccc(NC(=O)NC[C@H]2C[C@@H]3CCN2C[C@H]3c2cc(C3CCCC3)nn2C)cc1. The van der Waals surface area contributed by atoms with Gasteiger partial charge in [-0.3, -0.25) is 9.58 Å². The van der Waals surface area contributed by atoms with Crippen LogP contribution in [0.4, 0.5) is 10.5 Å². The highest BCUT2D eigenvalue weighted by atomic mass is 16.5. The number of methoxy groups -OCH3 is 1. The lowest BCUT2D eigenvalue weighted by atomic mass is 9.74. The van der Waals surface area contributed by atoms with Crippen molar-refractivity contribution in [2.75, 3.05) is 32.1 Å². The molecule has 1 saturated carbocycles. The van der Waals surface area contributed by atoms with E-state index in [0.717, 1.165) is 30.9 Å². The van der Waals surface area contributed by atoms with Crippen molar-refractivity contribution in [2.45, 2.75) is 56.4 Å². The highest BCUT2D eigenvalue weighted by molar-refractivity contribution is 5.89. The maximum Gasteiger partial charge on any atom is 0.319 e. The second-order valence-corrected chi connectivity index (χ2v) is 9.70. The Morgan fingerprint density at radius 3 is 2.66 bits per heavy atom. The van der Waals surface area contributed by atoms with Crippen molar-refractivity contribution in [3.05, 3.63) is 41.7 Å². The van der Waals surface area contributed by atoms with E-state index in [-0.39, 0.29) is 6.03 Å². The van der Waals surface area contributed by atoms with Crippen LogP contribution in [-0.4, -0.2) is 53.5 Å². The molecule has 0 spiro atoms. The third-order valence-electron chi connectivity index (χ3n) is 7.81. The molecule has 0 radical (unpaired) electrons. The molecule has 1 aromatic heterocycles. The van der Waals surface area contributed by atoms with E-state index in [1.807, 2.05) is 24.3 Å². The maximum atomic E-state index is 12.4. The summed E-state index contributed by atoms with van der Waals surface area (Å²) in [4.78, 5) is 15.0. The number of benzene rings is 1. The van der Waals surface area contributed by atoms with Gasteiger partial charge in [-0.15, -0.1) is 0 Å². The number of fused-ring (bicyclic) bond motifs is 3. The summed E-state index contributed by atoms with van der Waals surface area (Å²) in [7, 11) is 3.75. The van der Waals surface area contributed by atoms with Crippen LogP contribution >= 0.6 is 0 Å². The van der Waals surface area contributed by atoms with Crippen molar-refractivity contribution in [3.63, 3.8) is 0 Å². The number of hydrogen-bond donors (Lipinski definition) is 2. The molecule has 4 atom stereocenters. The van der Waals surface area contributed by atoms with E-state index >= 15 is 0 Å². The first-order chi connectivity index (χ1) is 15.6. The van der Waals surface area contributed by atoms with Crippen LogP contribution in [-0.2, 0) is 7.05 Å². The lowest BCUT2D eigenvalue weighted by Crippen LogP contribution is -2.56. The standard InChI is InChI=1S/C25H35N5O2/c1-29-24(14-23(28-29)17-5-3-4-6-17)22-16-30-12-11-18(22)13-20(30)15-26-25(31)27-19-7-9-21(32-2)10-8-19/h7-10,14,17-18,20,22H,3-6,11-13,15-16H2,1-2H3,(H2,26,27,31)/t18-,20+,22+/m0/s1. The van der Waals surface area contributed by atoms with Gasteiger partial charge in [-0.2, -0.15) is 5.10 Å². The number of carbonyl (C=O) groups excluding carboxylic acids is 1. The molecule has 4 aliphatic rings. The minimum Gasteiger partial charge on any atom is -0.497 e. The van der Waals surface area contributed by atoms with Gasteiger partial charge < -0.3 is 15.4 Å². The van der Waals surface area contributed by atoms with Crippen LogP contribution < -0.4 is 15.4 Å². The fraction of sp³-hybridized carbons (Fsp3) is 0.600. The first kappa shape index (κ1) is 21.3. The summed E-state index contributed by atoms with van der Waals surface area (Å²) < 4.78 is 7.31. The maximum absolute atomic E-state index is 12.4. The van der Waals surface area contributed by atoms with Crippen LogP contribution in [0.2, 0.25) is 0 Å². The molecule has 2 N–H and O–H groups in total. The third kappa shape index (κ3) is 4.35. The number of amides is 2. The van der Waals surface area contributed by atoms with Crippen LogP contribution in [0.15, 0.2) is 30.3 Å². The number of rotatable bonds is 6. The molecule has 4 heterocycles. The highest BCUT2D eigenvalue weighted by Crippen LogP contribution is 2.43. The molecule has 2 bridgehead atoms. The molecular formula is C25H35N5O2. The van der Waals surface area contributed by atoms with Crippen molar-refractivity contribution in [1.82, 2.24) is 20.0 Å². The number of nitrogens with one attached hydrogen (secondary N) is 2. The summed E-state index contributed by atoms with van der Waals surface area (Å²) in [6.07, 6.45) is 7.65. The minimum absolute atomic E-state index is 0.151. The molecule has 1 aliphatic carbocycles. The Hall–Kier alpha value is -2.54. The van der Waals surface area contributed by atoms with Crippen molar-refractivity contribution < 1.29 is 9.53 Å². The van der Waals surface area contributed by atoms with Crippen molar-refractivity contribution in [2.24, 2.45) is 13.0 Å². The summed E-state index contributed by atoms with van der Waals surface area (Å²) in [6.45, 7) is 2.88. The van der Waals surface area contributed by atoms with E-state index in [1.54, 1.807) is 7.11 Å². The molecule has 3 saturated heterocycles. The number of carbonyl (C=O) groups is 1. The number of urea groups is 1. The van der Waals surface area contributed by atoms with Gasteiger partial charge in [-0.05, 0) is 68.5 Å². The number of hydrogen-bond acceptors (Lipinski definition) is 4. The van der Waals surface area contributed by atoms with E-state index < -0.39 is 0 Å². The predicted octanol–water partition coefficient (Wildman–Crippen LogP) is 4.09. The Morgan fingerprint density at radius 2 is 1.97 bits per heavy atom. The molecule has 7 heteroatoms. The van der Waals surface area contributed by atoms with Crippen molar-refractivity contribution in [1.29, 1.82) is 0 Å². The van der Waals surface area contributed by atoms with Gasteiger partial charge in [0.25, 0.3) is 0 Å². The van der Waals surface area contributed by atoms with Crippen molar-refractivity contribution in [3.8, 4) is 5.75 Å². The van der Waals surface area contributed by atoms with Crippen LogP contribution in [0.3, 0.4) is 0 Å².